The van der Waals surface area contributed by atoms with Gasteiger partial charge in [-0.2, -0.15) is 5.26 Å². The molecule has 2 aromatic carbocycles. The summed E-state index contributed by atoms with van der Waals surface area (Å²) in [5.41, 5.74) is 0.370. The maximum absolute atomic E-state index is 13.6. The summed E-state index contributed by atoms with van der Waals surface area (Å²) in [6.45, 7) is 1.36. The van der Waals surface area contributed by atoms with Crippen LogP contribution in [0.25, 0.3) is 0 Å². The third-order valence-corrected chi connectivity index (χ3v) is 3.30. The molecule has 0 saturated carbocycles. The summed E-state index contributed by atoms with van der Waals surface area (Å²) in [4.78, 5) is 24.0. The average molecular weight is 347 g/mol. The number of nitriles is 1. The highest BCUT2D eigenvalue weighted by Gasteiger charge is 2.20. The first-order chi connectivity index (χ1) is 11.4. The Bertz CT molecular complexity index is 833. The molecule has 0 aliphatic carbocycles. The van der Waals surface area contributed by atoms with Crippen LogP contribution in [-0.4, -0.2) is 18.0 Å². The normalized spacial score (nSPS) is 11.2. The molecule has 5 nitrogen and oxygen atoms in total. The fourth-order valence-electron chi connectivity index (χ4n) is 1.82. The van der Waals surface area contributed by atoms with Crippen LogP contribution in [0.15, 0.2) is 42.5 Å². The number of benzene rings is 2. The van der Waals surface area contributed by atoms with Gasteiger partial charge in [0.05, 0.1) is 22.9 Å². The number of carbonyl (C=O) groups excluding carboxylic acids is 2. The van der Waals surface area contributed by atoms with Gasteiger partial charge in [-0.1, -0.05) is 17.7 Å². The van der Waals surface area contributed by atoms with Crippen molar-refractivity contribution >= 4 is 29.2 Å². The van der Waals surface area contributed by atoms with E-state index >= 15 is 0 Å². The van der Waals surface area contributed by atoms with Gasteiger partial charge in [0.1, 0.15) is 5.82 Å². The Kier molecular flexibility index (Phi) is 5.51. The van der Waals surface area contributed by atoms with E-state index < -0.39 is 23.8 Å². The summed E-state index contributed by atoms with van der Waals surface area (Å²) in [6.07, 6.45) is -1.15. The molecule has 0 aliphatic heterocycles. The van der Waals surface area contributed by atoms with Crippen molar-refractivity contribution in [1.29, 1.82) is 5.26 Å². The summed E-state index contributed by atoms with van der Waals surface area (Å²) < 4.78 is 18.7. The zero-order valence-electron chi connectivity index (χ0n) is 12.5. The molecular formula is C17H12ClFN2O3. The highest BCUT2D eigenvalue weighted by atomic mass is 35.5. The Morgan fingerprint density at radius 1 is 1.29 bits per heavy atom. The lowest BCUT2D eigenvalue weighted by Crippen LogP contribution is -2.30. The number of nitrogens with zero attached hydrogens (tertiary/aromatic N) is 1. The predicted molar refractivity (Wildman–Crippen MR) is 86.1 cm³/mol. The molecule has 1 amide bonds. The fraction of sp³-hybridized carbons (Fsp3) is 0.118. The molecule has 0 saturated heterocycles. The topological polar surface area (TPSA) is 79.2 Å². The van der Waals surface area contributed by atoms with Crippen molar-refractivity contribution in [2.75, 3.05) is 5.32 Å². The molecule has 0 heterocycles. The van der Waals surface area contributed by atoms with E-state index in [0.29, 0.717) is 5.56 Å². The number of anilines is 1. The highest BCUT2D eigenvalue weighted by Crippen LogP contribution is 2.19. The number of amides is 1. The van der Waals surface area contributed by atoms with E-state index in [1.165, 1.54) is 43.3 Å². The molecule has 2 aromatic rings. The minimum absolute atomic E-state index is 0.0706. The van der Waals surface area contributed by atoms with Crippen molar-refractivity contribution < 1.29 is 18.7 Å². The van der Waals surface area contributed by atoms with Gasteiger partial charge in [-0.05, 0) is 43.3 Å². The molecule has 2 rings (SSSR count). The Morgan fingerprint density at radius 3 is 2.71 bits per heavy atom. The van der Waals surface area contributed by atoms with Gasteiger partial charge in [0.2, 0.25) is 0 Å². The second-order valence-corrected chi connectivity index (χ2v) is 5.29. The highest BCUT2D eigenvalue weighted by molar-refractivity contribution is 6.30. The molecule has 0 aromatic heterocycles. The van der Waals surface area contributed by atoms with Crippen LogP contribution in [-0.2, 0) is 9.53 Å². The van der Waals surface area contributed by atoms with Gasteiger partial charge >= 0.3 is 5.97 Å². The zero-order chi connectivity index (χ0) is 17.7. The third-order valence-electron chi connectivity index (χ3n) is 3.07. The number of hydrogen-bond donors (Lipinski definition) is 1. The number of nitrogens with one attached hydrogen (secondary N) is 1. The number of ether oxygens (including phenoxy) is 1. The van der Waals surface area contributed by atoms with E-state index in [9.17, 15) is 14.0 Å². The van der Waals surface area contributed by atoms with Gasteiger partial charge in [0.15, 0.2) is 6.10 Å². The molecular weight excluding hydrogens is 335 g/mol. The first-order valence-corrected chi connectivity index (χ1v) is 7.25. The van der Waals surface area contributed by atoms with Gasteiger partial charge < -0.3 is 10.1 Å². The van der Waals surface area contributed by atoms with Crippen LogP contribution in [0.5, 0.6) is 0 Å². The molecule has 0 spiro atoms. The van der Waals surface area contributed by atoms with E-state index in [1.807, 2.05) is 6.07 Å². The molecule has 122 valence electrons. The van der Waals surface area contributed by atoms with Crippen LogP contribution in [0.4, 0.5) is 10.1 Å². The van der Waals surface area contributed by atoms with Gasteiger partial charge in [0, 0.05) is 5.02 Å². The minimum atomic E-state index is -1.15. The Morgan fingerprint density at radius 2 is 2.04 bits per heavy atom. The first-order valence-electron chi connectivity index (χ1n) is 6.88. The van der Waals surface area contributed by atoms with Gasteiger partial charge in [-0.25, -0.2) is 9.18 Å². The minimum Gasteiger partial charge on any atom is -0.449 e. The number of carbonyl (C=O) groups is 2. The quantitative estimate of drug-likeness (QED) is 0.859. The number of rotatable bonds is 4. The Hall–Kier alpha value is -2.91. The van der Waals surface area contributed by atoms with Crippen molar-refractivity contribution in [2.24, 2.45) is 0 Å². The predicted octanol–water partition coefficient (Wildman–Crippen LogP) is 3.53. The Balaban J connectivity index is 2.03. The first kappa shape index (κ1) is 17.4. The van der Waals surface area contributed by atoms with Crippen molar-refractivity contribution in [3.8, 4) is 6.07 Å². The third kappa shape index (κ3) is 4.31. The molecule has 1 atom stereocenters. The summed E-state index contributed by atoms with van der Waals surface area (Å²) in [6, 6.07) is 11.6. The average Bonchev–Trinajstić information content (AvgIpc) is 2.57. The molecule has 24 heavy (non-hydrogen) atoms. The van der Waals surface area contributed by atoms with Crippen LogP contribution in [0, 0.1) is 17.1 Å². The number of halogens is 2. The fourth-order valence-corrected chi connectivity index (χ4v) is 1.98. The second-order valence-electron chi connectivity index (χ2n) is 4.85. The number of hydrogen-bond acceptors (Lipinski definition) is 4. The van der Waals surface area contributed by atoms with Crippen molar-refractivity contribution in [3.05, 3.63) is 64.4 Å². The van der Waals surface area contributed by atoms with Gasteiger partial charge in [-0.15, -0.1) is 0 Å². The zero-order valence-corrected chi connectivity index (χ0v) is 13.3. The van der Waals surface area contributed by atoms with E-state index in [2.05, 4.69) is 5.32 Å². The lowest BCUT2D eigenvalue weighted by molar-refractivity contribution is -0.123. The van der Waals surface area contributed by atoms with Crippen LogP contribution >= 0.6 is 11.6 Å². The van der Waals surface area contributed by atoms with Gasteiger partial charge in [0.25, 0.3) is 5.91 Å². The second kappa shape index (κ2) is 7.57. The molecule has 0 unspecified atom stereocenters. The summed E-state index contributed by atoms with van der Waals surface area (Å²) in [5, 5.41) is 11.3. The van der Waals surface area contributed by atoms with Crippen LogP contribution < -0.4 is 5.32 Å². The SMILES string of the molecule is C[C@@H](OC(=O)c1cccc(C#N)c1)C(=O)Nc1ccc(Cl)cc1F. The standard InChI is InChI=1S/C17H12ClFN2O3/c1-10(16(22)21-15-6-5-13(18)8-14(15)19)24-17(23)12-4-2-3-11(7-12)9-20/h2-8,10H,1H3,(H,21,22)/t10-/m1/s1. The van der Waals surface area contributed by atoms with Crippen molar-refractivity contribution in [2.45, 2.75) is 13.0 Å². The Labute approximate surface area is 142 Å². The van der Waals surface area contributed by atoms with E-state index in [-0.39, 0.29) is 16.3 Å². The van der Waals surface area contributed by atoms with Crippen molar-refractivity contribution in [3.63, 3.8) is 0 Å². The molecule has 0 aliphatic rings. The van der Waals surface area contributed by atoms with Crippen LogP contribution in [0.1, 0.15) is 22.8 Å². The smallest absolute Gasteiger partial charge is 0.338 e. The number of esters is 1. The van der Waals surface area contributed by atoms with Crippen LogP contribution in [0.3, 0.4) is 0 Å². The van der Waals surface area contributed by atoms with Crippen molar-refractivity contribution in [1.82, 2.24) is 0 Å². The molecule has 0 fully saturated rings. The molecule has 7 heteroatoms. The molecule has 0 radical (unpaired) electrons. The maximum atomic E-state index is 13.6. The summed E-state index contributed by atoms with van der Waals surface area (Å²) in [5.74, 6) is -2.15. The summed E-state index contributed by atoms with van der Waals surface area (Å²) >= 11 is 5.63. The van der Waals surface area contributed by atoms with E-state index in [1.54, 1.807) is 0 Å². The van der Waals surface area contributed by atoms with Crippen LogP contribution in [0.2, 0.25) is 5.02 Å². The lowest BCUT2D eigenvalue weighted by Gasteiger charge is -2.14. The lowest BCUT2D eigenvalue weighted by atomic mass is 10.1. The molecule has 0 bridgehead atoms. The van der Waals surface area contributed by atoms with E-state index in [4.69, 9.17) is 21.6 Å². The molecule has 1 N–H and O–H groups in total. The van der Waals surface area contributed by atoms with E-state index in [0.717, 1.165) is 6.07 Å². The summed E-state index contributed by atoms with van der Waals surface area (Å²) in [7, 11) is 0. The maximum Gasteiger partial charge on any atom is 0.338 e. The monoisotopic (exact) mass is 346 g/mol. The van der Waals surface area contributed by atoms with Gasteiger partial charge in [-0.3, -0.25) is 4.79 Å². The largest absolute Gasteiger partial charge is 0.449 e.